The van der Waals surface area contributed by atoms with Crippen LogP contribution in [0.25, 0.3) is 10.8 Å². The van der Waals surface area contributed by atoms with Crippen LogP contribution in [-0.2, 0) is 16.0 Å². The molecule has 1 unspecified atom stereocenters. The number of ether oxygens (including phenoxy) is 1. The minimum atomic E-state index is -0.572. The van der Waals surface area contributed by atoms with Crippen LogP contribution in [0.1, 0.15) is 26.3 Å². The fourth-order valence-corrected chi connectivity index (χ4v) is 2.37. The first-order valence-corrected chi connectivity index (χ1v) is 7.61. The van der Waals surface area contributed by atoms with Crippen LogP contribution in [0.4, 0.5) is 4.79 Å². The SMILES string of the molecule is CC(C)(C)OC(=O)NC(COO)Cc1ccc2ccccc2c1. The Bertz CT molecular complexity index is 663. The summed E-state index contributed by atoms with van der Waals surface area (Å²) in [5.74, 6) is 0. The lowest BCUT2D eigenvalue weighted by atomic mass is 10.0. The highest BCUT2D eigenvalue weighted by molar-refractivity contribution is 5.83. The van der Waals surface area contributed by atoms with Crippen molar-refractivity contribution in [1.82, 2.24) is 5.32 Å². The third-order valence-electron chi connectivity index (χ3n) is 3.29. The second kappa shape index (κ2) is 7.44. The van der Waals surface area contributed by atoms with Crippen LogP contribution in [-0.4, -0.2) is 29.6 Å². The summed E-state index contributed by atoms with van der Waals surface area (Å²) in [6, 6.07) is 13.8. The van der Waals surface area contributed by atoms with Gasteiger partial charge in [0.2, 0.25) is 0 Å². The number of amides is 1. The largest absolute Gasteiger partial charge is 0.444 e. The lowest BCUT2D eigenvalue weighted by Crippen LogP contribution is -2.42. The van der Waals surface area contributed by atoms with Gasteiger partial charge in [-0.05, 0) is 43.5 Å². The van der Waals surface area contributed by atoms with Crippen molar-refractivity contribution in [2.45, 2.75) is 38.8 Å². The zero-order valence-corrected chi connectivity index (χ0v) is 13.7. The van der Waals surface area contributed by atoms with E-state index in [0.29, 0.717) is 6.42 Å². The number of benzene rings is 2. The number of hydrogen-bond acceptors (Lipinski definition) is 4. The molecule has 0 saturated carbocycles. The smallest absolute Gasteiger partial charge is 0.407 e. The monoisotopic (exact) mass is 317 g/mol. The van der Waals surface area contributed by atoms with Crippen LogP contribution in [0.5, 0.6) is 0 Å². The van der Waals surface area contributed by atoms with E-state index >= 15 is 0 Å². The molecular formula is C18H23NO4. The molecule has 0 saturated heterocycles. The Hall–Kier alpha value is -2.11. The Morgan fingerprint density at radius 1 is 1.17 bits per heavy atom. The average molecular weight is 317 g/mol. The maximum absolute atomic E-state index is 11.9. The summed E-state index contributed by atoms with van der Waals surface area (Å²) in [4.78, 5) is 16.1. The number of hydrogen-bond donors (Lipinski definition) is 2. The summed E-state index contributed by atoms with van der Waals surface area (Å²) >= 11 is 0. The zero-order chi connectivity index (χ0) is 16.9. The molecular weight excluding hydrogens is 294 g/mol. The van der Waals surface area contributed by atoms with Gasteiger partial charge in [-0.1, -0.05) is 42.5 Å². The van der Waals surface area contributed by atoms with E-state index < -0.39 is 11.7 Å². The van der Waals surface area contributed by atoms with Crippen molar-refractivity contribution >= 4 is 16.9 Å². The first-order chi connectivity index (χ1) is 10.9. The number of carbonyl (C=O) groups excluding carboxylic acids is 1. The predicted octanol–water partition coefficient (Wildman–Crippen LogP) is 3.77. The van der Waals surface area contributed by atoms with Crippen molar-refractivity contribution in [3.8, 4) is 0 Å². The van der Waals surface area contributed by atoms with E-state index in [4.69, 9.17) is 9.99 Å². The Morgan fingerprint density at radius 3 is 2.52 bits per heavy atom. The fraction of sp³-hybridized carbons (Fsp3) is 0.389. The molecule has 0 aliphatic rings. The number of fused-ring (bicyclic) bond motifs is 1. The zero-order valence-electron chi connectivity index (χ0n) is 13.7. The molecule has 0 fully saturated rings. The quantitative estimate of drug-likeness (QED) is 0.651. The van der Waals surface area contributed by atoms with E-state index in [0.717, 1.165) is 16.3 Å². The maximum atomic E-state index is 11.9. The van der Waals surface area contributed by atoms with Crippen molar-refractivity contribution in [2.75, 3.05) is 6.61 Å². The van der Waals surface area contributed by atoms with E-state index in [1.165, 1.54) is 0 Å². The summed E-state index contributed by atoms with van der Waals surface area (Å²) in [5, 5.41) is 13.8. The van der Waals surface area contributed by atoms with Gasteiger partial charge in [-0.25, -0.2) is 9.68 Å². The molecule has 0 heterocycles. The van der Waals surface area contributed by atoms with Crippen LogP contribution in [0, 0.1) is 0 Å². The third kappa shape index (κ3) is 5.54. The van der Waals surface area contributed by atoms with Crippen molar-refractivity contribution in [2.24, 2.45) is 0 Å². The first kappa shape index (κ1) is 17.2. The molecule has 2 aromatic rings. The molecule has 5 nitrogen and oxygen atoms in total. The van der Waals surface area contributed by atoms with E-state index in [1.807, 2.05) is 36.4 Å². The van der Waals surface area contributed by atoms with Crippen LogP contribution < -0.4 is 5.32 Å². The number of rotatable bonds is 5. The van der Waals surface area contributed by atoms with Crippen molar-refractivity contribution in [3.63, 3.8) is 0 Å². The second-order valence-electron chi connectivity index (χ2n) is 6.52. The highest BCUT2D eigenvalue weighted by atomic mass is 17.1. The van der Waals surface area contributed by atoms with Gasteiger partial charge in [0.1, 0.15) is 12.2 Å². The summed E-state index contributed by atoms with van der Waals surface area (Å²) in [6.07, 6.45) is 0.00491. The third-order valence-corrected chi connectivity index (χ3v) is 3.29. The van der Waals surface area contributed by atoms with Gasteiger partial charge in [0.05, 0.1) is 6.04 Å². The Labute approximate surface area is 136 Å². The highest BCUT2D eigenvalue weighted by Crippen LogP contribution is 2.17. The van der Waals surface area contributed by atoms with Gasteiger partial charge < -0.3 is 10.1 Å². The lowest BCUT2D eigenvalue weighted by molar-refractivity contribution is -0.246. The van der Waals surface area contributed by atoms with Gasteiger partial charge in [-0.15, -0.1) is 0 Å². The molecule has 0 aromatic heterocycles. The molecule has 0 aliphatic heterocycles. The highest BCUT2D eigenvalue weighted by Gasteiger charge is 2.20. The average Bonchev–Trinajstić information content (AvgIpc) is 2.45. The Balaban J connectivity index is 2.06. The van der Waals surface area contributed by atoms with Crippen LogP contribution in [0.15, 0.2) is 42.5 Å². The lowest BCUT2D eigenvalue weighted by Gasteiger charge is -2.23. The molecule has 0 bridgehead atoms. The summed E-state index contributed by atoms with van der Waals surface area (Å²) in [7, 11) is 0. The predicted molar refractivity (Wildman–Crippen MR) is 89.4 cm³/mol. The summed E-state index contributed by atoms with van der Waals surface area (Å²) in [6.45, 7) is 5.39. The standard InChI is InChI=1S/C18H23NO4/c1-18(2,3)23-17(20)19-16(12-22-21)11-13-8-9-14-6-4-5-7-15(14)10-13/h4-10,16,21H,11-12H2,1-3H3,(H,19,20). The molecule has 2 N–H and O–H groups in total. The van der Waals surface area contributed by atoms with E-state index in [1.54, 1.807) is 20.8 Å². The van der Waals surface area contributed by atoms with Gasteiger partial charge >= 0.3 is 6.09 Å². The molecule has 5 heteroatoms. The molecule has 0 aliphatic carbocycles. The van der Waals surface area contributed by atoms with Crippen molar-refractivity contribution in [1.29, 1.82) is 0 Å². The molecule has 1 atom stereocenters. The topological polar surface area (TPSA) is 67.8 Å². The van der Waals surface area contributed by atoms with Gasteiger partial charge in [0.25, 0.3) is 0 Å². The van der Waals surface area contributed by atoms with Crippen LogP contribution in [0.3, 0.4) is 0 Å². The number of carbonyl (C=O) groups is 1. The number of alkyl carbamates (subject to hydrolysis) is 1. The molecule has 124 valence electrons. The second-order valence-corrected chi connectivity index (χ2v) is 6.52. The molecule has 1 amide bonds. The summed E-state index contributed by atoms with van der Waals surface area (Å²) in [5.41, 5.74) is 0.472. The van der Waals surface area contributed by atoms with Crippen molar-refractivity contribution in [3.05, 3.63) is 48.0 Å². The van der Waals surface area contributed by atoms with Gasteiger partial charge in [0, 0.05) is 0 Å². The van der Waals surface area contributed by atoms with E-state index in [9.17, 15) is 4.79 Å². The Kier molecular flexibility index (Phi) is 5.58. The van der Waals surface area contributed by atoms with Gasteiger partial charge in [0.15, 0.2) is 0 Å². The fourth-order valence-electron chi connectivity index (χ4n) is 2.37. The molecule has 23 heavy (non-hydrogen) atoms. The molecule has 2 aromatic carbocycles. The normalized spacial score (nSPS) is 12.9. The van der Waals surface area contributed by atoms with Gasteiger partial charge in [-0.3, -0.25) is 5.26 Å². The summed E-state index contributed by atoms with van der Waals surface area (Å²) < 4.78 is 5.24. The molecule has 0 radical (unpaired) electrons. The first-order valence-electron chi connectivity index (χ1n) is 7.61. The van der Waals surface area contributed by atoms with E-state index in [2.05, 4.69) is 16.3 Å². The minimum absolute atomic E-state index is 0.00787. The van der Waals surface area contributed by atoms with Crippen LogP contribution >= 0.6 is 0 Å². The minimum Gasteiger partial charge on any atom is -0.444 e. The molecule has 2 rings (SSSR count). The Morgan fingerprint density at radius 2 is 1.87 bits per heavy atom. The molecule has 0 spiro atoms. The van der Waals surface area contributed by atoms with E-state index in [-0.39, 0.29) is 12.6 Å². The van der Waals surface area contributed by atoms with Gasteiger partial charge in [-0.2, -0.15) is 0 Å². The van der Waals surface area contributed by atoms with Crippen LogP contribution in [0.2, 0.25) is 0 Å². The number of nitrogens with one attached hydrogen (secondary N) is 1. The maximum Gasteiger partial charge on any atom is 0.407 e. The van der Waals surface area contributed by atoms with Crippen molar-refractivity contribution < 1.29 is 19.7 Å².